The van der Waals surface area contributed by atoms with Crippen molar-refractivity contribution >= 4 is 0 Å². The van der Waals surface area contributed by atoms with E-state index in [1.165, 1.54) is 19.6 Å². The Bertz CT molecular complexity index is 144. The second kappa shape index (κ2) is 2.46. The van der Waals surface area contributed by atoms with Crippen molar-refractivity contribution < 1.29 is 4.74 Å². The van der Waals surface area contributed by atoms with Gasteiger partial charge in [-0.15, -0.1) is 0 Å². The molecule has 2 heteroatoms. The number of rotatable bonds is 2. The molecule has 2 aliphatic rings. The van der Waals surface area contributed by atoms with Crippen molar-refractivity contribution in [3.8, 4) is 0 Å². The molecular formula is C9H17NO. The number of nitrogens with zero attached hydrogens (tertiary/aromatic N) is 1. The Morgan fingerprint density at radius 3 is 2.36 bits per heavy atom. The van der Waals surface area contributed by atoms with E-state index in [-0.39, 0.29) is 0 Å². The monoisotopic (exact) mass is 155 g/mol. The standard InChI is InChI=1S/C9H17NO/c1-8(2)3-10-4-9(5-10)6-11-7-9/h8H,3-7H2,1-2H3. The van der Waals surface area contributed by atoms with Crippen LogP contribution >= 0.6 is 0 Å². The minimum atomic E-state index is 0.606. The van der Waals surface area contributed by atoms with Crippen LogP contribution in [-0.2, 0) is 4.74 Å². The second-order valence-electron chi connectivity index (χ2n) is 4.56. The van der Waals surface area contributed by atoms with E-state index in [9.17, 15) is 0 Å². The molecule has 0 aromatic heterocycles. The summed E-state index contributed by atoms with van der Waals surface area (Å²) < 4.78 is 5.21. The van der Waals surface area contributed by atoms with Gasteiger partial charge in [0.15, 0.2) is 0 Å². The first-order chi connectivity index (χ1) is 5.20. The first-order valence-corrected chi connectivity index (χ1v) is 4.50. The number of likely N-dealkylation sites (tertiary alicyclic amines) is 1. The molecule has 2 saturated heterocycles. The largest absolute Gasteiger partial charge is 0.380 e. The van der Waals surface area contributed by atoms with E-state index in [4.69, 9.17) is 4.74 Å². The lowest BCUT2D eigenvalue weighted by molar-refractivity contribution is -0.190. The van der Waals surface area contributed by atoms with Crippen molar-refractivity contribution in [3.63, 3.8) is 0 Å². The molecule has 0 aromatic rings. The molecule has 0 aromatic carbocycles. The first kappa shape index (κ1) is 7.56. The molecule has 2 nitrogen and oxygen atoms in total. The maximum Gasteiger partial charge on any atom is 0.0569 e. The highest BCUT2D eigenvalue weighted by atomic mass is 16.5. The van der Waals surface area contributed by atoms with Gasteiger partial charge in [0.05, 0.1) is 13.2 Å². The van der Waals surface area contributed by atoms with E-state index in [0.717, 1.165) is 19.1 Å². The summed E-state index contributed by atoms with van der Waals surface area (Å²) in [6.07, 6.45) is 0. The lowest BCUT2D eigenvalue weighted by Crippen LogP contribution is -2.66. The lowest BCUT2D eigenvalue weighted by Gasteiger charge is -2.55. The zero-order chi connectivity index (χ0) is 7.90. The minimum Gasteiger partial charge on any atom is -0.380 e. The average Bonchev–Trinajstić information content (AvgIpc) is 1.71. The summed E-state index contributed by atoms with van der Waals surface area (Å²) in [5.74, 6) is 0.813. The van der Waals surface area contributed by atoms with Gasteiger partial charge in [0, 0.05) is 25.0 Å². The third-order valence-electron chi connectivity index (χ3n) is 2.56. The van der Waals surface area contributed by atoms with Crippen molar-refractivity contribution in [2.45, 2.75) is 13.8 Å². The summed E-state index contributed by atoms with van der Waals surface area (Å²) in [4.78, 5) is 2.53. The fraction of sp³-hybridized carbons (Fsp3) is 1.00. The van der Waals surface area contributed by atoms with E-state index < -0.39 is 0 Å². The SMILES string of the molecule is CC(C)CN1CC2(COC2)C1. The van der Waals surface area contributed by atoms with Crippen LogP contribution in [-0.4, -0.2) is 37.7 Å². The van der Waals surface area contributed by atoms with Crippen LogP contribution in [0.15, 0.2) is 0 Å². The van der Waals surface area contributed by atoms with Gasteiger partial charge in [0.25, 0.3) is 0 Å². The maximum absolute atomic E-state index is 5.21. The summed E-state index contributed by atoms with van der Waals surface area (Å²) in [7, 11) is 0. The molecule has 0 saturated carbocycles. The zero-order valence-corrected chi connectivity index (χ0v) is 7.47. The van der Waals surface area contributed by atoms with Gasteiger partial charge < -0.3 is 9.64 Å². The predicted molar refractivity (Wildman–Crippen MR) is 44.5 cm³/mol. The highest BCUT2D eigenvalue weighted by Crippen LogP contribution is 2.37. The topological polar surface area (TPSA) is 12.5 Å². The van der Waals surface area contributed by atoms with Crippen LogP contribution in [0.4, 0.5) is 0 Å². The van der Waals surface area contributed by atoms with Crippen molar-refractivity contribution in [1.82, 2.24) is 4.90 Å². The van der Waals surface area contributed by atoms with Gasteiger partial charge in [-0.25, -0.2) is 0 Å². The van der Waals surface area contributed by atoms with Gasteiger partial charge >= 0.3 is 0 Å². The molecule has 64 valence electrons. The van der Waals surface area contributed by atoms with Crippen LogP contribution < -0.4 is 0 Å². The number of hydrogen-bond donors (Lipinski definition) is 0. The van der Waals surface area contributed by atoms with Crippen molar-refractivity contribution in [2.24, 2.45) is 11.3 Å². The van der Waals surface area contributed by atoms with Gasteiger partial charge in [0.2, 0.25) is 0 Å². The summed E-state index contributed by atoms with van der Waals surface area (Å²) in [5, 5.41) is 0. The molecule has 0 aliphatic carbocycles. The maximum atomic E-state index is 5.21. The summed E-state index contributed by atoms with van der Waals surface area (Å²) in [5.41, 5.74) is 0.606. The molecule has 0 N–H and O–H groups in total. The van der Waals surface area contributed by atoms with Gasteiger partial charge in [-0.05, 0) is 5.92 Å². The third kappa shape index (κ3) is 1.30. The van der Waals surface area contributed by atoms with Gasteiger partial charge in [-0.1, -0.05) is 13.8 Å². The second-order valence-corrected chi connectivity index (χ2v) is 4.56. The Hall–Kier alpha value is -0.0800. The molecule has 2 rings (SSSR count). The Labute approximate surface area is 68.5 Å². The third-order valence-corrected chi connectivity index (χ3v) is 2.56. The Balaban J connectivity index is 1.71. The molecule has 11 heavy (non-hydrogen) atoms. The number of ether oxygens (including phenoxy) is 1. The van der Waals surface area contributed by atoms with E-state index in [1.54, 1.807) is 0 Å². The minimum absolute atomic E-state index is 0.606. The summed E-state index contributed by atoms with van der Waals surface area (Å²) in [6, 6.07) is 0. The molecule has 0 unspecified atom stereocenters. The van der Waals surface area contributed by atoms with E-state index in [0.29, 0.717) is 5.41 Å². The van der Waals surface area contributed by atoms with Crippen molar-refractivity contribution in [1.29, 1.82) is 0 Å². The molecular weight excluding hydrogens is 138 g/mol. The average molecular weight is 155 g/mol. The van der Waals surface area contributed by atoms with Gasteiger partial charge in [-0.3, -0.25) is 0 Å². The first-order valence-electron chi connectivity index (χ1n) is 4.50. The van der Waals surface area contributed by atoms with Crippen molar-refractivity contribution in [2.75, 3.05) is 32.8 Å². The molecule has 0 bridgehead atoms. The quantitative estimate of drug-likeness (QED) is 0.589. The van der Waals surface area contributed by atoms with E-state index in [1.807, 2.05) is 0 Å². The van der Waals surface area contributed by atoms with Gasteiger partial charge in [0.1, 0.15) is 0 Å². The molecule has 2 heterocycles. The van der Waals surface area contributed by atoms with Crippen LogP contribution in [0, 0.1) is 11.3 Å². The smallest absolute Gasteiger partial charge is 0.0569 e. The molecule has 0 radical (unpaired) electrons. The summed E-state index contributed by atoms with van der Waals surface area (Å²) in [6.45, 7) is 10.4. The highest BCUT2D eigenvalue weighted by Gasteiger charge is 2.48. The molecule has 0 atom stereocenters. The van der Waals surface area contributed by atoms with Crippen LogP contribution in [0.5, 0.6) is 0 Å². The molecule has 0 amide bonds. The Kier molecular flexibility index (Phi) is 1.69. The Morgan fingerprint density at radius 2 is 2.00 bits per heavy atom. The van der Waals surface area contributed by atoms with Gasteiger partial charge in [-0.2, -0.15) is 0 Å². The lowest BCUT2D eigenvalue weighted by atomic mass is 9.78. The predicted octanol–water partition coefficient (Wildman–Crippen LogP) is 0.975. The van der Waals surface area contributed by atoms with E-state index in [2.05, 4.69) is 18.7 Å². The van der Waals surface area contributed by atoms with Crippen LogP contribution in [0.1, 0.15) is 13.8 Å². The summed E-state index contributed by atoms with van der Waals surface area (Å²) >= 11 is 0. The Morgan fingerprint density at radius 1 is 1.36 bits per heavy atom. The van der Waals surface area contributed by atoms with Crippen LogP contribution in [0.3, 0.4) is 0 Å². The fourth-order valence-electron chi connectivity index (χ4n) is 2.12. The van der Waals surface area contributed by atoms with Crippen molar-refractivity contribution in [3.05, 3.63) is 0 Å². The van der Waals surface area contributed by atoms with Crippen LogP contribution in [0.25, 0.3) is 0 Å². The normalized spacial score (nSPS) is 28.6. The molecule has 2 aliphatic heterocycles. The molecule has 1 spiro atoms. The molecule has 2 fully saturated rings. The zero-order valence-electron chi connectivity index (χ0n) is 7.47. The fourth-order valence-corrected chi connectivity index (χ4v) is 2.12. The van der Waals surface area contributed by atoms with Crippen LogP contribution in [0.2, 0.25) is 0 Å². The highest BCUT2D eigenvalue weighted by molar-refractivity contribution is 4.99. The van der Waals surface area contributed by atoms with E-state index >= 15 is 0 Å². The number of hydrogen-bond acceptors (Lipinski definition) is 2.